The second-order valence-electron chi connectivity index (χ2n) is 12.2. The van der Waals surface area contributed by atoms with Crippen LogP contribution in [0.1, 0.15) is 106 Å². The quantitative estimate of drug-likeness (QED) is 0.190. The molecular formula is C37H49NO3. The standard InChI is InChI=1S/C37H49NO3/c1-29(38-24-12-13-25-38)15-9-6-4-2-3-5-7-14-26-40-33-21-18-31(19-22-33)37-34-27-32(39)20-23-36(34)41-28-35(37)30-16-10-8-11-17-30/h8,10-11,16-23,27,29,35,37,39H,2-7,9,12-15,24-26,28H2,1H3/t29?,35-,37-/m0/s1. The molecule has 3 aromatic carbocycles. The zero-order valence-corrected chi connectivity index (χ0v) is 25.0. The highest BCUT2D eigenvalue weighted by molar-refractivity contribution is 5.51. The van der Waals surface area contributed by atoms with Crippen molar-refractivity contribution in [3.8, 4) is 17.2 Å². The monoisotopic (exact) mass is 555 g/mol. The summed E-state index contributed by atoms with van der Waals surface area (Å²) in [5.74, 6) is 2.34. The molecule has 4 heteroatoms. The zero-order valence-electron chi connectivity index (χ0n) is 25.0. The number of hydrogen-bond acceptors (Lipinski definition) is 4. The molecule has 1 fully saturated rings. The Kier molecular flexibility index (Phi) is 11.0. The van der Waals surface area contributed by atoms with Crippen LogP contribution in [0.5, 0.6) is 17.2 Å². The van der Waals surface area contributed by atoms with E-state index in [1.54, 1.807) is 6.07 Å². The van der Waals surface area contributed by atoms with E-state index >= 15 is 0 Å². The Hall–Kier alpha value is -2.98. The third kappa shape index (κ3) is 8.29. The van der Waals surface area contributed by atoms with E-state index in [1.165, 1.54) is 88.4 Å². The predicted octanol–water partition coefficient (Wildman–Crippen LogP) is 9.07. The summed E-state index contributed by atoms with van der Waals surface area (Å²) in [5, 5.41) is 10.3. The van der Waals surface area contributed by atoms with Gasteiger partial charge in [-0.25, -0.2) is 0 Å². The maximum absolute atomic E-state index is 10.3. The topological polar surface area (TPSA) is 41.9 Å². The lowest BCUT2D eigenvalue weighted by molar-refractivity contribution is 0.242. The van der Waals surface area contributed by atoms with Gasteiger partial charge in [0.2, 0.25) is 0 Å². The Morgan fingerprint density at radius 1 is 0.805 bits per heavy atom. The van der Waals surface area contributed by atoms with E-state index in [-0.39, 0.29) is 17.6 Å². The molecule has 3 aromatic rings. The fraction of sp³-hybridized carbons (Fsp3) is 0.514. The lowest BCUT2D eigenvalue weighted by Crippen LogP contribution is -2.29. The molecule has 0 aromatic heterocycles. The molecule has 2 aliphatic rings. The van der Waals surface area contributed by atoms with E-state index in [0.717, 1.165) is 36.1 Å². The van der Waals surface area contributed by atoms with Gasteiger partial charge in [-0.2, -0.15) is 0 Å². The van der Waals surface area contributed by atoms with Crippen LogP contribution in [-0.2, 0) is 0 Å². The fourth-order valence-electron chi connectivity index (χ4n) is 6.73. The summed E-state index contributed by atoms with van der Waals surface area (Å²) in [7, 11) is 0. The first-order valence-electron chi connectivity index (χ1n) is 16.2. The Morgan fingerprint density at radius 3 is 2.22 bits per heavy atom. The molecule has 5 rings (SSSR count). The molecule has 41 heavy (non-hydrogen) atoms. The van der Waals surface area contributed by atoms with Crippen molar-refractivity contribution >= 4 is 0 Å². The van der Waals surface area contributed by atoms with Crippen molar-refractivity contribution in [1.29, 1.82) is 0 Å². The van der Waals surface area contributed by atoms with E-state index in [2.05, 4.69) is 60.4 Å². The van der Waals surface area contributed by atoms with Crippen LogP contribution in [0.3, 0.4) is 0 Å². The number of unbranched alkanes of at least 4 members (excludes halogenated alkanes) is 7. The molecule has 1 N–H and O–H groups in total. The third-order valence-electron chi connectivity index (χ3n) is 9.17. The number of hydrogen-bond donors (Lipinski definition) is 1. The maximum Gasteiger partial charge on any atom is 0.123 e. The van der Waals surface area contributed by atoms with Crippen molar-refractivity contribution in [3.05, 3.63) is 89.5 Å². The van der Waals surface area contributed by atoms with Gasteiger partial charge < -0.3 is 19.5 Å². The van der Waals surface area contributed by atoms with Gasteiger partial charge in [0.15, 0.2) is 0 Å². The van der Waals surface area contributed by atoms with E-state index in [4.69, 9.17) is 9.47 Å². The van der Waals surface area contributed by atoms with Gasteiger partial charge in [0.25, 0.3) is 0 Å². The van der Waals surface area contributed by atoms with Gasteiger partial charge in [-0.1, -0.05) is 87.4 Å². The third-order valence-corrected chi connectivity index (χ3v) is 9.17. The SMILES string of the molecule is CC(CCCCCCCCCCOc1ccc([C@H]2c3cc(O)ccc3OC[C@H]2c2ccccc2)cc1)N1CCCC1. The van der Waals surface area contributed by atoms with Gasteiger partial charge in [-0.3, -0.25) is 0 Å². The van der Waals surface area contributed by atoms with Crippen LogP contribution in [-0.4, -0.2) is 42.4 Å². The molecule has 2 aliphatic heterocycles. The van der Waals surface area contributed by atoms with Gasteiger partial charge in [0.1, 0.15) is 17.2 Å². The van der Waals surface area contributed by atoms with Gasteiger partial charge in [0, 0.05) is 23.4 Å². The minimum atomic E-state index is 0.107. The average Bonchev–Trinajstić information content (AvgIpc) is 3.55. The summed E-state index contributed by atoms with van der Waals surface area (Å²) >= 11 is 0. The summed E-state index contributed by atoms with van der Waals surface area (Å²) in [6, 6.07) is 25.3. The summed E-state index contributed by atoms with van der Waals surface area (Å²) in [6.45, 7) is 6.45. The number of phenols is 1. The molecule has 4 nitrogen and oxygen atoms in total. The normalized spacial score (nSPS) is 19.4. The van der Waals surface area contributed by atoms with Crippen LogP contribution in [0.4, 0.5) is 0 Å². The molecule has 0 spiro atoms. The van der Waals surface area contributed by atoms with Crippen LogP contribution in [0, 0.1) is 0 Å². The van der Waals surface area contributed by atoms with Crippen LogP contribution >= 0.6 is 0 Å². The molecule has 2 heterocycles. The van der Waals surface area contributed by atoms with Crippen molar-refractivity contribution < 1.29 is 14.6 Å². The van der Waals surface area contributed by atoms with E-state index < -0.39 is 0 Å². The predicted molar refractivity (Wildman–Crippen MR) is 168 cm³/mol. The van der Waals surface area contributed by atoms with Crippen LogP contribution < -0.4 is 9.47 Å². The van der Waals surface area contributed by atoms with E-state index in [9.17, 15) is 5.11 Å². The van der Waals surface area contributed by atoms with Crippen LogP contribution in [0.15, 0.2) is 72.8 Å². The van der Waals surface area contributed by atoms with Crippen molar-refractivity contribution in [1.82, 2.24) is 4.90 Å². The number of aromatic hydroxyl groups is 1. The Labute approximate surface area is 247 Å². The van der Waals surface area contributed by atoms with E-state index in [1.807, 2.05) is 18.2 Å². The molecule has 0 amide bonds. The second kappa shape index (κ2) is 15.3. The highest BCUT2D eigenvalue weighted by Gasteiger charge is 2.33. The highest BCUT2D eigenvalue weighted by atomic mass is 16.5. The molecule has 0 aliphatic carbocycles. The zero-order chi connectivity index (χ0) is 28.3. The number of rotatable bonds is 15. The summed E-state index contributed by atoms with van der Waals surface area (Å²) in [6.07, 6.45) is 14.7. The van der Waals surface area contributed by atoms with Gasteiger partial charge >= 0.3 is 0 Å². The number of fused-ring (bicyclic) bond motifs is 1. The number of benzene rings is 3. The van der Waals surface area contributed by atoms with Crippen molar-refractivity contribution in [2.75, 3.05) is 26.3 Å². The first-order valence-corrected chi connectivity index (χ1v) is 16.2. The number of nitrogens with zero attached hydrogens (tertiary/aromatic N) is 1. The van der Waals surface area contributed by atoms with Gasteiger partial charge in [0.05, 0.1) is 13.2 Å². The summed E-state index contributed by atoms with van der Waals surface area (Å²) in [4.78, 5) is 2.68. The van der Waals surface area contributed by atoms with Crippen molar-refractivity contribution in [2.24, 2.45) is 0 Å². The van der Waals surface area contributed by atoms with E-state index in [0.29, 0.717) is 6.61 Å². The highest BCUT2D eigenvalue weighted by Crippen LogP contribution is 2.47. The second-order valence-corrected chi connectivity index (χ2v) is 12.2. The number of ether oxygens (including phenoxy) is 2. The minimum Gasteiger partial charge on any atom is -0.508 e. The molecule has 220 valence electrons. The Balaban J connectivity index is 1.02. The first-order chi connectivity index (χ1) is 20.2. The molecule has 3 atom stereocenters. The number of phenolic OH excluding ortho intramolecular Hbond substituents is 1. The molecule has 0 bridgehead atoms. The van der Waals surface area contributed by atoms with Gasteiger partial charge in [-0.05, 0) is 87.2 Å². The molecule has 0 radical (unpaired) electrons. The van der Waals surface area contributed by atoms with Crippen molar-refractivity contribution in [2.45, 2.75) is 95.4 Å². The number of likely N-dealkylation sites (tertiary alicyclic amines) is 1. The maximum atomic E-state index is 10.3. The Morgan fingerprint density at radius 2 is 1.49 bits per heavy atom. The molecule has 1 saturated heterocycles. The summed E-state index contributed by atoms with van der Waals surface area (Å²) in [5.41, 5.74) is 3.50. The molecule has 0 saturated carbocycles. The molecular weight excluding hydrogens is 506 g/mol. The van der Waals surface area contributed by atoms with Gasteiger partial charge in [-0.15, -0.1) is 0 Å². The summed E-state index contributed by atoms with van der Waals surface area (Å²) < 4.78 is 12.2. The largest absolute Gasteiger partial charge is 0.508 e. The molecule has 1 unspecified atom stereocenters. The fourth-order valence-corrected chi connectivity index (χ4v) is 6.73. The average molecular weight is 556 g/mol. The van der Waals surface area contributed by atoms with Crippen LogP contribution in [0.2, 0.25) is 0 Å². The lowest BCUT2D eigenvalue weighted by Gasteiger charge is -2.34. The van der Waals surface area contributed by atoms with Crippen LogP contribution in [0.25, 0.3) is 0 Å². The lowest BCUT2D eigenvalue weighted by atomic mass is 9.76. The smallest absolute Gasteiger partial charge is 0.123 e. The first kappa shape index (κ1) is 29.5. The van der Waals surface area contributed by atoms with Crippen molar-refractivity contribution in [3.63, 3.8) is 0 Å². The minimum absolute atomic E-state index is 0.107. The Bertz CT molecular complexity index is 1170.